The number of methoxy groups -OCH3 is 1. The fourth-order valence-electron chi connectivity index (χ4n) is 3.86. The Morgan fingerprint density at radius 3 is 2.44 bits per heavy atom. The molecule has 1 atom stereocenters. The van der Waals surface area contributed by atoms with Crippen molar-refractivity contribution >= 4 is 18.1 Å². The van der Waals surface area contributed by atoms with Crippen molar-refractivity contribution in [2.24, 2.45) is 5.10 Å². The molecule has 4 aromatic rings. The summed E-state index contributed by atoms with van der Waals surface area (Å²) in [6.07, 6.45) is 0.218. The van der Waals surface area contributed by atoms with Crippen molar-refractivity contribution in [3.63, 3.8) is 0 Å². The summed E-state index contributed by atoms with van der Waals surface area (Å²) in [5.74, 6) is 0.0208. The second-order valence-electron chi connectivity index (χ2n) is 8.68. The summed E-state index contributed by atoms with van der Waals surface area (Å²) in [4.78, 5) is 23.7. The van der Waals surface area contributed by atoms with E-state index < -0.39 is 18.0 Å². The number of hydrogen-bond acceptors (Lipinski definition) is 7. The van der Waals surface area contributed by atoms with E-state index in [9.17, 15) is 9.59 Å². The molecule has 0 saturated carbocycles. The fraction of sp³-hybridized carbons (Fsp3) is 0.207. The third-order valence-electron chi connectivity index (χ3n) is 5.87. The molecule has 0 aliphatic carbocycles. The molecule has 1 amide bonds. The first-order chi connectivity index (χ1) is 18.8. The number of aryl methyl sites for hydroxylation is 2. The number of hydrazone groups is 1. The number of aromatic nitrogens is 1. The molecular formula is C29H29N3O7. The van der Waals surface area contributed by atoms with Crippen LogP contribution in [-0.2, 0) is 11.4 Å². The third kappa shape index (κ3) is 6.48. The Balaban J connectivity index is 1.35. The molecule has 202 valence electrons. The van der Waals surface area contributed by atoms with E-state index >= 15 is 0 Å². The largest absolute Gasteiger partial charge is 0.493 e. The zero-order valence-electron chi connectivity index (χ0n) is 22.0. The van der Waals surface area contributed by atoms with Crippen LogP contribution in [0.3, 0.4) is 0 Å². The minimum atomic E-state index is -1.13. The lowest BCUT2D eigenvalue weighted by molar-refractivity contribution is -0.144. The molecule has 2 aromatic heterocycles. The standard InChI is InChI=1S/C29H29N3O7/c1-18-8-9-19(2)32(18)22-10-12-23(13-11-22)37-17-24-14-15-26(39-24)28(33)31-30-16-21-6-5-7-25(36-4)27(21)38-20(3)29(34)35/h5-16,20H,17H2,1-4H3,(H,31,33)(H,34,35)/t20-/m0/s1. The summed E-state index contributed by atoms with van der Waals surface area (Å²) < 4.78 is 24.3. The minimum Gasteiger partial charge on any atom is -0.493 e. The number of nitrogens with one attached hydrogen (secondary N) is 1. The molecule has 4 rings (SSSR count). The lowest BCUT2D eigenvalue weighted by atomic mass is 10.2. The van der Waals surface area contributed by atoms with Gasteiger partial charge in [0.15, 0.2) is 23.4 Å². The number of amides is 1. The summed E-state index contributed by atoms with van der Waals surface area (Å²) in [5, 5.41) is 13.1. The SMILES string of the molecule is COc1cccc(C=NNC(=O)c2ccc(COc3ccc(-n4c(C)ccc4C)cc3)o2)c1O[C@@H](C)C(=O)O. The number of carboxylic acid groups (broad SMARTS) is 1. The van der Waals surface area contributed by atoms with Crippen LogP contribution in [0.4, 0.5) is 0 Å². The number of hydrogen-bond donors (Lipinski definition) is 2. The number of carbonyl (C=O) groups excluding carboxylic acids is 1. The van der Waals surface area contributed by atoms with Crippen LogP contribution in [-0.4, -0.2) is 41.0 Å². The number of ether oxygens (including phenoxy) is 3. The van der Waals surface area contributed by atoms with Gasteiger partial charge < -0.3 is 28.3 Å². The zero-order valence-corrected chi connectivity index (χ0v) is 22.0. The molecule has 39 heavy (non-hydrogen) atoms. The molecule has 2 heterocycles. The first-order valence-corrected chi connectivity index (χ1v) is 12.1. The Labute approximate surface area is 225 Å². The average molecular weight is 532 g/mol. The van der Waals surface area contributed by atoms with Gasteiger partial charge in [0.1, 0.15) is 18.1 Å². The van der Waals surface area contributed by atoms with Gasteiger partial charge in [-0.1, -0.05) is 6.07 Å². The molecule has 2 aromatic carbocycles. The van der Waals surface area contributed by atoms with Gasteiger partial charge in [0.2, 0.25) is 0 Å². The number of para-hydroxylation sites is 1. The van der Waals surface area contributed by atoms with E-state index in [1.807, 2.05) is 24.3 Å². The lowest BCUT2D eigenvalue weighted by Gasteiger charge is -2.15. The van der Waals surface area contributed by atoms with Crippen molar-refractivity contribution in [1.82, 2.24) is 9.99 Å². The number of carboxylic acids is 1. The van der Waals surface area contributed by atoms with Crippen LogP contribution in [0.2, 0.25) is 0 Å². The van der Waals surface area contributed by atoms with Crippen molar-refractivity contribution in [2.45, 2.75) is 33.5 Å². The second-order valence-corrected chi connectivity index (χ2v) is 8.68. The van der Waals surface area contributed by atoms with Crippen molar-refractivity contribution in [2.75, 3.05) is 7.11 Å². The van der Waals surface area contributed by atoms with E-state index in [0.29, 0.717) is 22.8 Å². The Morgan fingerprint density at radius 1 is 1.05 bits per heavy atom. The van der Waals surface area contributed by atoms with Crippen molar-refractivity contribution in [1.29, 1.82) is 0 Å². The number of carbonyl (C=O) groups is 2. The van der Waals surface area contributed by atoms with E-state index in [2.05, 4.69) is 41.1 Å². The third-order valence-corrected chi connectivity index (χ3v) is 5.87. The highest BCUT2D eigenvalue weighted by atomic mass is 16.5. The summed E-state index contributed by atoms with van der Waals surface area (Å²) in [5.41, 5.74) is 6.15. The van der Waals surface area contributed by atoms with Crippen molar-refractivity contribution in [3.05, 3.63) is 95.2 Å². The van der Waals surface area contributed by atoms with Gasteiger partial charge in [-0.05, 0) is 81.4 Å². The number of benzene rings is 2. The highest BCUT2D eigenvalue weighted by Crippen LogP contribution is 2.31. The molecule has 0 spiro atoms. The monoisotopic (exact) mass is 531 g/mol. The Kier molecular flexibility index (Phi) is 8.35. The highest BCUT2D eigenvalue weighted by Gasteiger charge is 2.18. The van der Waals surface area contributed by atoms with Crippen molar-refractivity contribution < 1.29 is 33.3 Å². The van der Waals surface area contributed by atoms with Crippen LogP contribution in [0.5, 0.6) is 17.2 Å². The molecule has 2 N–H and O–H groups in total. The van der Waals surface area contributed by atoms with Crippen LogP contribution >= 0.6 is 0 Å². The summed E-state index contributed by atoms with van der Waals surface area (Å²) in [7, 11) is 1.44. The molecule has 10 heteroatoms. The van der Waals surface area contributed by atoms with E-state index in [-0.39, 0.29) is 18.1 Å². The van der Waals surface area contributed by atoms with Gasteiger partial charge in [-0.25, -0.2) is 10.2 Å². The van der Waals surface area contributed by atoms with Gasteiger partial charge in [-0.3, -0.25) is 4.79 Å². The summed E-state index contributed by atoms with van der Waals surface area (Å²) in [6, 6.07) is 20.0. The molecule has 0 aliphatic heterocycles. The molecule has 0 unspecified atom stereocenters. The van der Waals surface area contributed by atoms with E-state index in [4.69, 9.17) is 23.7 Å². The van der Waals surface area contributed by atoms with Gasteiger partial charge in [-0.15, -0.1) is 0 Å². The fourth-order valence-corrected chi connectivity index (χ4v) is 3.86. The highest BCUT2D eigenvalue weighted by molar-refractivity contribution is 5.93. The summed E-state index contributed by atoms with van der Waals surface area (Å²) >= 11 is 0. The van der Waals surface area contributed by atoms with Crippen LogP contribution in [0, 0.1) is 13.8 Å². The van der Waals surface area contributed by atoms with E-state index in [1.54, 1.807) is 24.3 Å². The van der Waals surface area contributed by atoms with Crippen LogP contribution in [0.25, 0.3) is 5.69 Å². The number of nitrogens with zero attached hydrogens (tertiary/aromatic N) is 2. The lowest BCUT2D eigenvalue weighted by Crippen LogP contribution is -2.23. The first-order valence-electron chi connectivity index (χ1n) is 12.1. The number of aliphatic carboxylic acids is 1. The molecule has 0 saturated heterocycles. The number of rotatable bonds is 11. The Bertz CT molecular complexity index is 1470. The van der Waals surface area contributed by atoms with Crippen LogP contribution in [0.1, 0.15) is 40.2 Å². The Hall–Kier alpha value is -4.99. The number of furan rings is 1. The van der Waals surface area contributed by atoms with Crippen LogP contribution in [0.15, 0.2) is 76.2 Å². The predicted octanol–water partition coefficient (Wildman–Crippen LogP) is 4.89. The normalized spacial score (nSPS) is 11.8. The van der Waals surface area contributed by atoms with Crippen LogP contribution < -0.4 is 19.6 Å². The second kappa shape index (κ2) is 12.0. The maximum Gasteiger partial charge on any atom is 0.344 e. The molecule has 10 nitrogen and oxygen atoms in total. The first kappa shape index (κ1) is 27.1. The Morgan fingerprint density at radius 2 is 1.77 bits per heavy atom. The molecule has 0 fully saturated rings. The van der Waals surface area contributed by atoms with Gasteiger partial charge in [0.25, 0.3) is 0 Å². The minimum absolute atomic E-state index is 0.0567. The smallest absolute Gasteiger partial charge is 0.344 e. The molecular weight excluding hydrogens is 502 g/mol. The molecule has 0 aliphatic rings. The van der Waals surface area contributed by atoms with Gasteiger partial charge in [0, 0.05) is 22.6 Å². The summed E-state index contributed by atoms with van der Waals surface area (Å²) in [6.45, 7) is 5.65. The maximum absolute atomic E-state index is 12.5. The quantitative estimate of drug-likeness (QED) is 0.209. The average Bonchev–Trinajstić information content (AvgIpc) is 3.54. The zero-order chi connectivity index (χ0) is 27.9. The van der Waals surface area contributed by atoms with Gasteiger partial charge in [-0.2, -0.15) is 5.10 Å². The van der Waals surface area contributed by atoms with E-state index in [0.717, 1.165) is 17.1 Å². The predicted molar refractivity (Wildman–Crippen MR) is 144 cm³/mol. The van der Waals surface area contributed by atoms with Gasteiger partial charge >= 0.3 is 11.9 Å². The maximum atomic E-state index is 12.5. The molecule has 0 radical (unpaired) electrons. The van der Waals surface area contributed by atoms with E-state index in [1.165, 1.54) is 26.3 Å². The van der Waals surface area contributed by atoms with Crippen molar-refractivity contribution in [3.8, 4) is 22.9 Å². The topological polar surface area (TPSA) is 125 Å². The molecule has 0 bridgehead atoms. The van der Waals surface area contributed by atoms with Gasteiger partial charge in [0.05, 0.1) is 13.3 Å².